The predicted molar refractivity (Wildman–Crippen MR) is 68.2 cm³/mol. The molecule has 6 nitrogen and oxygen atoms in total. The summed E-state index contributed by atoms with van der Waals surface area (Å²) in [4.78, 5) is 17.9. The molecule has 2 rings (SSSR count). The first-order valence-electron chi connectivity index (χ1n) is 5.59. The molecular formula is C12H15N5O. The summed E-state index contributed by atoms with van der Waals surface area (Å²) in [5.74, 6) is 0.601. The standard InChI is InChI=1S/C12H15N5O/c1-13-10-6-4-3-5-9(10)12(18)17(2)7-11-14-8-15-16-11/h3-6,8,13H,7H2,1-2H3,(H,14,15,16). The molecule has 6 heteroatoms. The minimum atomic E-state index is -0.0589. The monoisotopic (exact) mass is 245 g/mol. The molecule has 1 aromatic heterocycles. The van der Waals surface area contributed by atoms with Crippen LogP contribution in [0.1, 0.15) is 16.2 Å². The fourth-order valence-corrected chi connectivity index (χ4v) is 1.70. The van der Waals surface area contributed by atoms with Crippen LogP contribution in [-0.2, 0) is 6.54 Å². The highest BCUT2D eigenvalue weighted by Crippen LogP contribution is 2.16. The van der Waals surface area contributed by atoms with Gasteiger partial charge in [0, 0.05) is 19.8 Å². The van der Waals surface area contributed by atoms with Gasteiger partial charge in [0.1, 0.15) is 12.2 Å². The Hall–Kier alpha value is -2.37. The third kappa shape index (κ3) is 2.48. The predicted octanol–water partition coefficient (Wildman–Crippen LogP) is 1.12. The molecule has 0 aliphatic heterocycles. The summed E-state index contributed by atoms with van der Waals surface area (Å²) in [6, 6.07) is 7.40. The number of amides is 1. The second-order valence-electron chi connectivity index (χ2n) is 3.89. The van der Waals surface area contributed by atoms with E-state index in [4.69, 9.17) is 0 Å². The fraction of sp³-hybridized carbons (Fsp3) is 0.250. The second kappa shape index (κ2) is 5.31. The van der Waals surface area contributed by atoms with E-state index in [9.17, 15) is 4.79 Å². The van der Waals surface area contributed by atoms with Crippen LogP contribution in [0, 0.1) is 0 Å². The largest absolute Gasteiger partial charge is 0.387 e. The molecule has 0 aliphatic rings. The number of aromatic nitrogens is 3. The molecule has 0 bridgehead atoms. The molecule has 1 heterocycles. The van der Waals surface area contributed by atoms with Crippen LogP contribution in [0.3, 0.4) is 0 Å². The molecule has 0 saturated carbocycles. The van der Waals surface area contributed by atoms with E-state index in [1.165, 1.54) is 6.33 Å². The Bertz CT molecular complexity index is 523. The van der Waals surface area contributed by atoms with E-state index in [2.05, 4.69) is 20.5 Å². The third-order valence-corrected chi connectivity index (χ3v) is 2.63. The Labute approximate surface area is 105 Å². The van der Waals surface area contributed by atoms with E-state index in [1.54, 1.807) is 25.1 Å². The molecule has 0 radical (unpaired) electrons. The number of aromatic amines is 1. The number of nitrogens with zero attached hydrogens (tertiary/aromatic N) is 3. The summed E-state index contributed by atoms with van der Waals surface area (Å²) in [7, 11) is 3.53. The third-order valence-electron chi connectivity index (χ3n) is 2.63. The minimum Gasteiger partial charge on any atom is -0.387 e. The van der Waals surface area contributed by atoms with Crippen molar-refractivity contribution >= 4 is 11.6 Å². The van der Waals surface area contributed by atoms with Gasteiger partial charge in [-0.05, 0) is 12.1 Å². The van der Waals surface area contributed by atoms with E-state index in [0.717, 1.165) is 5.69 Å². The Balaban J connectivity index is 2.15. The first-order valence-corrected chi connectivity index (χ1v) is 5.59. The smallest absolute Gasteiger partial charge is 0.256 e. The van der Waals surface area contributed by atoms with Crippen LogP contribution in [-0.4, -0.2) is 40.1 Å². The van der Waals surface area contributed by atoms with Gasteiger partial charge in [-0.15, -0.1) is 0 Å². The van der Waals surface area contributed by atoms with E-state index >= 15 is 0 Å². The molecular weight excluding hydrogens is 230 g/mol. The number of hydrogen-bond donors (Lipinski definition) is 2. The number of anilines is 1. The molecule has 0 fully saturated rings. The van der Waals surface area contributed by atoms with Gasteiger partial charge in [0.25, 0.3) is 5.91 Å². The molecule has 2 aromatic rings. The number of para-hydroxylation sites is 1. The van der Waals surface area contributed by atoms with Gasteiger partial charge in [-0.3, -0.25) is 9.89 Å². The van der Waals surface area contributed by atoms with E-state index in [-0.39, 0.29) is 5.91 Å². The van der Waals surface area contributed by atoms with Crippen molar-refractivity contribution in [2.45, 2.75) is 6.54 Å². The van der Waals surface area contributed by atoms with Gasteiger partial charge in [0.15, 0.2) is 0 Å². The van der Waals surface area contributed by atoms with Crippen LogP contribution in [0.25, 0.3) is 0 Å². The quantitative estimate of drug-likeness (QED) is 0.846. The Kier molecular flexibility index (Phi) is 3.57. The average Bonchev–Trinajstić information content (AvgIpc) is 2.90. The second-order valence-corrected chi connectivity index (χ2v) is 3.89. The Morgan fingerprint density at radius 3 is 2.89 bits per heavy atom. The lowest BCUT2D eigenvalue weighted by atomic mass is 10.1. The summed E-state index contributed by atoms with van der Waals surface area (Å²) in [5, 5.41) is 9.49. The zero-order valence-electron chi connectivity index (χ0n) is 10.3. The van der Waals surface area contributed by atoms with Gasteiger partial charge in [0.05, 0.1) is 12.1 Å². The van der Waals surface area contributed by atoms with Crippen LogP contribution in [0.5, 0.6) is 0 Å². The van der Waals surface area contributed by atoms with Crippen LogP contribution >= 0.6 is 0 Å². The summed E-state index contributed by atoms with van der Waals surface area (Å²) >= 11 is 0. The number of carbonyl (C=O) groups is 1. The molecule has 0 unspecified atom stereocenters. The normalized spacial score (nSPS) is 10.1. The van der Waals surface area contributed by atoms with Gasteiger partial charge in [-0.2, -0.15) is 5.10 Å². The number of carbonyl (C=O) groups excluding carboxylic acids is 1. The van der Waals surface area contributed by atoms with E-state index in [0.29, 0.717) is 17.9 Å². The first kappa shape index (κ1) is 12.1. The van der Waals surface area contributed by atoms with Crippen molar-refractivity contribution in [1.29, 1.82) is 0 Å². The lowest BCUT2D eigenvalue weighted by Crippen LogP contribution is -2.27. The molecule has 18 heavy (non-hydrogen) atoms. The highest BCUT2D eigenvalue weighted by Gasteiger charge is 2.15. The molecule has 0 atom stereocenters. The Morgan fingerprint density at radius 2 is 2.22 bits per heavy atom. The molecule has 0 saturated heterocycles. The topological polar surface area (TPSA) is 73.9 Å². The minimum absolute atomic E-state index is 0.0589. The van der Waals surface area contributed by atoms with Gasteiger partial charge in [-0.1, -0.05) is 12.1 Å². The van der Waals surface area contributed by atoms with Gasteiger partial charge in [0.2, 0.25) is 0 Å². The maximum atomic E-state index is 12.3. The lowest BCUT2D eigenvalue weighted by molar-refractivity contribution is 0.0782. The van der Waals surface area contributed by atoms with Crippen LogP contribution in [0.15, 0.2) is 30.6 Å². The number of rotatable bonds is 4. The molecule has 0 spiro atoms. The summed E-state index contributed by atoms with van der Waals surface area (Å²) < 4.78 is 0. The summed E-state index contributed by atoms with van der Waals surface area (Å²) in [5.41, 5.74) is 1.45. The fourth-order valence-electron chi connectivity index (χ4n) is 1.70. The zero-order chi connectivity index (χ0) is 13.0. The zero-order valence-corrected chi connectivity index (χ0v) is 10.3. The van der Waals surface area contributed by atoms with Gasteiger partial charge >= 0.3 is 0 Å². The molecule has 1 aromatic carbocycles. The molecule has 2 N–H and O–H groups in total. The SMILES string of the molecule is CNc1ccccc1C(=O)N(C)Cc1ncn[nH]1. The molecule has 0 aliphatic carbocycles. The van der Waals surface area contributed by atoms with Crippen molar-refractivity contribution in [3.05, 3.63) is 42.0 Å². The first-order chi connectivity index (χ1) is 8.72. The number of benzene rings is 1. The van der Waals surface area contributed by atoms with E-state index < -0.39 is 0 Å². The summed E-state index contributed by atoms with van der Waals surface area (Å²) in [6.07, 6.45) is 1.43. The van der Waals surface area contributed by atoms with Crippen molar-refractivity contribution in [2.24, 2.45) is 0 Å². The number of hydrogen-bond acceptors (Lipinski definition) is 4. The molecule has 1 amide bonds. The number of nitrogens with one attached hydrogen (secondary N) is 2. The summed E-state index contributed by atoms with van der Waals surface area (Å²) in [6.45, 7) is 0.400. The lowest BCUT2D eigenvalue weighted by Gasteiger charge is -2.17. The van der Waals surface area contributed by atoms with Crippen LogP contribution in [0.2, 0.25) is 0 Å². The maximum Gasteiger partial charge on any atom is 0.256 e. The van der Waals surface area contributed by atoms with Crippen molar-refractivity contribution in [1.82, 2.24) is 20.1 Å². The number of H-pyrrole nitrogens is 1. The highest BCUT2D eigenvalue weighted by molar-refractivity contribution is 5.99. The molecule has 94 valence electrons. The Morgan fingerprint density at radius 1 is 1.44 bits per heavy atom. The van der Waals surface area contributed by atoms with Gasteiger partial charge < -0.3 is 10.2 Å². The average molecular weight is 245 g/mol. The van der Waals surface area contributed by atoms with E-state index in [1.807, 2.05) is 18.2 Å². The van der Waals surface area contributed by atoms with Crippen molar-refractivity contribution in [3.63, 3.8) is 0 Å². The highest BCUT2D eigenvalue weighted by atomic mass is 16.2. The van der Waals surface area contributed by atoms with Crippen LogP contribution in [0.4, 0.5) is 5.69 Å². The van der Waals surface area contributed by atoms with Crippen molar-refractivity contribution < 1.29 is 4.79 Å². The van der Waals surface area contributed by atoms with Crippen LogP contribution < -0.4 is 5.32 Å². The maximum absolute atomic E-state index is 12.3. The van der Waals surface area contributed by atoms with Crippen molar-refractivity contribution in [3.8, 4) is 0 Å². The van der Waals surface area contributed by atoms with Crippen molar-refractivity contribution in [2.75, 3.05) is 19.4 Å². The van der Waals surface area contributed by atoms with Gasteiger partial charge in [-0.25, -0.2) is 4.98 Å².